The number of aromatic nitrogens is 2. The molecule has 0 spiro atoms. The quantitative estimate of drug-likeness (QED) is 0.831. The van der Waals surface area contributed by atoms with E-state index in [1.54, 1.807) is 14.2 Å². The van der Waals surface area contributed by atoms with Gasteiger partial charge in [-0.2, -0.15) is 0 Å². The first-order valence-electron chi connectivity index (χ1n) is 6.37. The SMILES string of the molecule is CCNc1nc(C(OC)C(C)C)nc(COC)c1Br. The fourth-order valence-electron chi connectivity index (χ4n) is 1.83. The summed E-state index contributed by atoms with van der Waals surface area (Å²) < 4.78 is 11.5. The van der Waals surface area contributed by atoms with Gasteiger partial charge >= 0.3 is 0 Å². The van der Waals surface area contributed by atoms with Crippen molar-refractivity contribution in [1.82, 2.24) is 9.97 Å². The highest BCUT2D eigenvalue weighted by molar-refractivity contribution is 9.10. The highest BCUT2D eigenvalue weighted by Crippen LogP contribution is 2.29. The third kappa shape index (κ3) is 4.12. The van der Waals surface area contributed by atoms with Crippen LogP contribution in [0, 0.1) is 5.92 Å². The second-order valence-electron chi connectivity index (χ2n) is 4.55. The van der Waals surface area contributed by atoms with Crippen LogP contribution in [-0.4, -0.2) is 30.7 Å². The van der Waals surface area contributed by atoms with Gasteiger partial charge in [-0.1, -0.05) is 13.8 Å². The Balaban J connectivity index is 3.23. The molecule has 0 bridgehead atoms. The lowest BCUT2D eigenvalue weighted by Crippen LogP contribution is -2.16. The molecule has 5 nitrogen and oxygen atoms in total. The van der Waals surface area contributed by atoms with Crippen LogP contribution < -0.4 is 5.32 Å². The molecule has 108 valence electrons. The molecular weight excluding hydrogens is 310 g/mol. The Morgan fingerprint density at radius 2 is 1.95 bits per heavy atom. The maximum atomic E-state index is 5.50. The molecule has 1 atom stereocenters. The van der Waals surface area contributed by atoms with Gasteiger partial charge in [0, 0.05) is 20.8 Å². The largest absolute Gasteiger partial charge is 0.378 e. The summed E-state index contributed by atoms with van der Waals surface area (Å²) in [6, 6.07) is 0. The Morgan fingerprint density at radius 3 is 2.42 bits per heavy atom. The normalized spacial score (nSPS) is 12.8. The number of nitrogens with one attached hydrogen (secondary N) is 1. The van der Waals surface area contributed by atoms with E-state index in [0.717, 1.165) is 22.5 Å². The molecular formula is C13H22BrN3O2. The average molecular weight is 332 g/mol. The molecule has 0 fully saturated rings. The first-order valence-corrected chi connectivity index (χ1v) is 7.16. The number of nitrogens with zero attached hydrogens (tertiary/aromatic N) is 2. The van der Waals surface area contributed by atoms with Crippen molar-refractivity contribution in [2.24, 2.45) is 5.92 Å². The lowest BCUT2D eigenvalue weighted by Gasteiger charge is -2.20. The molecule has 1 aromatic rings. The summed E-state index contributed by atoms with van der Waals surface area (Å²) >= 11 is 3.52. The van der Waals surface area contributed by atoms with Crippen LogP contribution in [-0.2, 0) is 16.1 Å². The number of halogens is 1. The zero-order chi connectivity index (χ0) is 14.4. The predicted octanol–water partition coefficient (Wildman–Crippen LogP) is 3.16. The molecule has 0 aliphatic heterocycles. The van der Waals surface area contributed by atoms with Gasteiger partial charge in [0.15, 0.2) is 5.82 Å². The van der Waals surface area contributed by atoms with E-state index >= 15 is 0 Å². The molecule has 0 radical (unpaired) electrons. The van der Waals surface area contributed by atoms with Crippen molar-refractivity contribution >= 4 is 21.7 Å². The van der Waals surface area contributed by atoms with Crippen LogP contribution in [0.3, 0.4) is 0 Å². The molecule has 1 aromatic heterocycles. The summed E-state index contributed by atoms with van der Waals surface area (Å²) in [6.45, 7) is 7.43. The topological polar surface area (TPSA) is 56.3 Å². The monoisotopic (exact) mass is 331 g/mol. The van der Waals surface area contributed by atoms with E-state index < -0.39 is 0 Å². The Kier molecular flexibility index (Phi) is 6.68. The van der Waals surface area contributed by atoms with Gasteiger partial charge in [-0.3, -0.25) is 0 Å². The van der Waals surface area contributed by atoms with Gasteiger partial charge in [-0.25, -0.2) is 9.97 Å². The van der Waals surface area contributed by atoms with Crippen molar-refractivity contribution in [2.75, 3.05) is 26.1 Å². The maximum Gasteiger partial charge on any atom is 0.160 e. The molecule has 6 heteroatoms. The van der Waals surface area contributed by atoms with Crippen LogP contribution in [0.15, 0.2) is 4.47 Å². The Morgan fingerprint density at radius 1 is 1.26 bits per heavy atom. The second-order valence-corrected chi connectivity index (χ2v) is 5.35. The van der Waals surface area contributed by atoms with E-state index in [1.165, 1.54) is 0 Å². The molecule has 0 saturated heterocycles. The minimum Gasteiger partial charge on any atom is -0.378 e. The Hall–Kier alpha value is -0.720. The van der Waals surface area contributed by atoms with E-state index in [9.17, 15) is 0 Å². The van der Waals surface area contributed by atoms with Crippen molar-refractivity contribution in [1.29, 1.82) is 0 Å². The van der Waals surface area contributed by atoms with E-state index in [0.29, 0.717) is 18.3 Å². The second kappa shape index (κ2) is 7.77. The van der Waals surface area contributed by atoms with Crippen molar-refractivity contribution in [3.05, 3.63) is 16.0 Å². The van der Waals surface area contributed by atoms with E-state index in [2.05, 4.69) is 45.1 Å². The smallest absolute Gasteiger partial charge is 0.160 e. The van der Waals surface area contributed by atoms with Gasteiger partial charge in [0.25, 0.3) is 0 Å². The third-order valence-corrected chi connectivity index (χ3v) is 3.51. The fourth-order valence-corrected chi connectivity index (χ4v) is 2.26. The van der Waals surface area contributed by atoms with Crippen LogP contribution in [0.1, 0.15) is 38.4 Å². The zero-order valence-electron chi connectivity index (χ0n) is 12.2. The molecule has 0 aliphatic rings. The lowest BCUT2D eigenvalue weighted by molar-refractivity contribution is 0.0569. The van der Waals surface area contributed by atoms with Gasteiger partial charge in [-0.15, -0.1) is 0 Å². The highest BCUT2D eigenvalue weighted by atomic mass is 79.9. The number of rotatable bonds is 7. The summed E-state index contributed by atoms with van der Waals surface area (Å²) in [5, 5.41) is 3.22. The van der Waals surface area contributed by atoms with Crippen LogP contribution in [0.5, 0.6) is 0 Å². The van der Waals surface area contributed by atoms with Crippen molar-refractivity contribution in [2.45, 2.75) is 33.5 Å². The molecule has 1 heterocycles. The van der Waals surface area contributed by atoms with E-state index in [1.807, 2.05) is 6.92 Å². The van der Waals surface area contributed by atoms with Crippen molar-refractivity contribution in [3.8, 4) is 0 Å². The minimum atomic E-state index is -0.124. The van der Waals surface area contributed by atoms with Gasteiger partial charge in [0.1, 0.15) is 11.9 Å². The summed E-state index contributed by atoms with van der Waals surface area (Å²) in [4.78, 5) is 9.10. The van der Waals surface area contributed by atoms with Gasteiger partial charge < -0.3 is 14.8 Å². The molecule has 0 aromatic carbocycles. The fraction of sp³-hybridized carbons (Fsp3) is 0.692. The number of ether oxygens (including phenoxy) is 2. The maximum absolute atomic E-state index is 5.50. The standard InChI is InChI=1S/C13H22BrN3O2/c1-6-15-12-10(14)9(7-18-4)16-13(17-12)11(19-5)8(2)3/h8,11H,6-7H2,1-5H3,(H,15,16,17). The predicted molar refractivity (Wildman–Crippen MR) is 79.2 cm³/mol. The molecule has 0 amide bonds. The first kappa shape index (κ1) is 16.3. The number of hydrogen-bond donors (Lipinski definition) is 1. The lowest BCUT2D eigenvalue weighted by atomic mass is 10.1. The molecule has 1 unspecified atom stereocenters. The summed E-state index contributed by atoms with van der Waals surface area (Å²) in [5.74, 6) is 1.77. The van der Waals surface area contributed by atoms with Gasteiger partial charge in [0.2, 0.25) is 0 Å². The molecule has 19 heavy (non-hydrogen) atoms. The Bertz CT molecular complexity index is 386. The summed E-state index contributed by atoms with van der Waals surface area (Å²) in [7, 11) is 3.33. The first-order chi connectivity index (χ1) is 9.04. The minimum absolute atomic E-state index is 0.124. The molecule has 1 N–H and O–H groups in total. The molecule has 0 saturated carbocycles. The van der Waals surface area contributed by atoms with Gasteiger partial charge in [0.05, 0.1) is 16.8 Å². The van der Waals surface area contributed by atoms with E-state index in [-0.39, 0.29) is 6.10 Å². The van der Waals surface area contributed by atoms with Crippen molar-refractivity contribution in [3.63, 3.8) is 0 Å². The van der Waals surface area contributed by atoms with Crippen LogP contribution in [0.2, 0.25) is 0 Å². The molecule has 0 aliphatic carbocycles. The van der Waals surface area contributed by atoms with Crippen LogP contribution in [0.25, 0.3) is 0 Å². The summed E-state index contributed by atoms with van der Waals surface area (Å²) in [6.07, 6.45) is -0.124. The van der Waals surface area contributed by atoms with Crippen LogP contribution in [0.4, 0.5) is 5.82 Å². The summed E-state index contributed by atoms with van der Waals surface area (Å²) in [5.41, 5.74) is 0.825. The number of hydrogen-bond acceptors (Lipinski definition) is 5. The average Bonchev–Trinajstić information content (AvgIpc) is 2.35. The molecule has 1 rings (SSSR count). The highest BCUT2D eigenvalue weighted by Gasteiger charge is 2.21. The zero-order valence-corrected chi connectivity index (χ0v) is 13.7. The Labute approximate surface area is 123 Å². The van der Waals surface area contributed by atoms with Crippen molar-refractivity contribution < 1.29 is 9.47 Å². The van der Waals surface area contributed by atoms with Crippen LogP contribution >= 0.6 is 15.9 Å². The number of anilines is 1. The number of methoxy groups -OCH3 is 2. The third-order valence-electron chi connectivity index (χ3n) is 2.68. The van der Waals surface area contributed by atoms with Gasteiger partial charge in [-0.05, 0) is 28.8 Å². The van der Waals surface area contributed by atoms with E-state index in [4.69, 9.17) is 9.47 Å².